The highest BCUT2D eigenvalue weighted by Gasteiger charge is 2.36. The smallest absolute Gasteiger partial charge is 0.182 e. The summed E-state index contributed by atoms with van der Waals surface area (Å²) < 4.78 is 0. The number of hydrogen-bond donors (Lipinski definition) is 0. The third kappa shape index (κ3) is 0.970. The summed E-state index contributed by atoms with van der Waals surface area (Å²) in [6.07, 6.45) is 0. The molecule has 12 heavy (non-hydrogen) atoms. The van der Waals surface area contributed by atoms with Gasteiger partial charge in [-0.3, -0.25) is 4.79 Å². The Balaban J connectivity index is 2.59. The first kappa shape index (κ1) is 8.09. The number of ketones is 1. The molecule has 1 nitrogen and oxygen atoms in total. The molecule has 1 aliphatic rings. The third-order valence-corrected chi connectivity index (χ3v) is 3.10. The summed E-state index contributed by atoms with van der Waals surface area (Å²) in [6, 6.07) is 7.27. The molecule has 0 fully saturated rings. The van der Waals surface area contributed by atoms with E-state index in [9.17, 15) is 4.79 Å². The number of carbonyl (C=O) groups excluding carboxylic acids is 1. The van der Waals surface area contributed by atoms with Gasteiger partial charge in [-0.2, -0.15) is 0 Å². The summed E-state index contributed by atoms with van der Waals surface area (Å²) in [5.41, 5.74) is 1.52. The lowest BCUT2D eigenvalue weighted by Gasteiger charge is -2.02. The fourth-order valence-electron chi connectivity index (χ4n) is 1.40. The minimum atomic E-state index is -0.593. The topological polar surface area (TPSA) is 17.1 Å². The Hall–Kier alpha value is -0.530. The van der Waals surface area contributed by atoms with Crippen LogP contribution in [0.5, 0.6) is 0 Å². The highest BCUT2D eigenvalue weighted by molar-refractivity contribution is 6.42. The largest absolute Gasteiger partial charge is 0.292 e. The van der Waals surface area contributed by atoms with E-state index in [0.717, 1.165) is 5.56 Å². The predicted molar refractivity (Wildman–Crippen MR) is 49.0 cm³/mol. The van der Waals surface area contributed by atoms with Crippen LogP contribution in [0.1, 0.15) is 21.3 Å². The van der Waals surface area contributed by atoms with Crippen molar-refractivity contribution in [3.63, 3.8) is 0 Å². The second kappa shape index (κ2) is 2.75. The van der Waals surface area contributed by atoms with Crippen molar-refractivity contribution in [2.45, 2.75) is 10.8 Å². The Morgan fingerprint density at radius 3 is 2.42 bits per heavy atom. The van der Waals surface area contributed by atoms with Crippen molar-refractivity contribution >= 4 is 29.0 Å². The van der Waals surface area contributed by atoms with Crippen molar-refractivity contribution in [2.75, 3.05) is 0 Å². The molecule has 0 radical (unpaired) electrons. The lowest BCUT2D eigenvalue weighted by atomic mass is 10.1. The number of halogens is 2. The average molecular weight is 201 g/mol. The zero-order valence-corrected chi connectivity index (χ0v) is 7.64. The zero-order valence-electron chi connectivity index (χ0n) is 6.13. The number of carbonyl (C=O) groups is 1. The Bertz CT molecular complexity index is 335. The molecule has 0 bridgehead atoms. The van der Waals surface area contributed by atoms with E-state index in [-0.39, 0.29) is 11.2 Å². The molecule has 0 amide bonds. The quantitative estimate of drug-likeness (QED) is 0.589. The number of benzene rings is 1. The number of alkyl halides is 2. The minimum absolute atomic E-state index is 0.0627. The van der Waals surface area contributed by atoms with Gasteiger partial charge in [0, 0.05) is 5.56 Å². The number of hydrogen-bond acceptors (Lipinski definition) is 1. The molecule has 1 aromatic rings. The van der Waals surface area contributed by atoms with Gasteiger partial charge >= 0.3 is 0 Å². The van der Waals surface area contributed by atoms with E-state index in [0.29, 0.717) is 5.56 Å². The molecule has 0 saturated carbocycles. The molecular formula is C9H6Cl2O. The van der Waals surface area contributed by atoms with E-state index in [2.05, 4.69) is 0 Å². The van der Waals surface area contributed by atoms with Gasteiger partial charge < -0.3 is 0 Å². The molecule has 0 saturated heterocycles. The van der Waals surface area contributed by atoms with Gasteiger partial charge in [0.15, 0.2) is 5.78 Å². The molecule has 0 N–H and O–H groups in total. The monoisotopic (exact) mass is 200 g/mol. The van der Waals surface area contributed by atoms with Crippen LogP contribution in [0.4, 0.5) is 0 Å². The van der Waals surface area contributed by atoms with Crippen LogP contribution < -0.4 is 0 Å². The fourth-order valence-corrected chi connectivity index (χ4v) is 1.96. The van der Waals surface area contributed by atoms with Gasteiger partial charge in [0.2, 0.25) is 0 Å². The van der Waals surface area contributed by atoms with E-state index < -0.39 is 5.38 Å². The molecule has 2 rings (SSSR count). The second-order valence-electron chi connectivity index (χ2n) is 2.76. The first-order chi connectivity index (χ1) is 5.72. The zero-order chi connectivity index (χ0) is 8.72. The van der Waals surface area contributed by atoms with Gasteiger partial charge in [0.05, 0.1) is 5.38 Å². The van der Waals surface area contributed by atoms with Crippen LogP contribution in [0.25, 0.3) is 0 Å². The van der Waals surface area contributed by atoms with Gasteiger partial charge in [0.25, 0.3) is 0 Å². The number of fused-ring (bicyclic) bond motifs is 1. The lowest BCUT2D eigenvalue weighted by Crippen LogP contribution is -2.08. The molecular weight excluding hydrogens is 195 g/mol. The van der Waals surface area contributed by atoms with E-state index in [1.165, 1.54) is 0 Å². The van der Waals surface area contributed by atoms with Crippen LogP contribution in [0.15, 0.2) is 24.3 Å². The van der Waals surface area contributed by atoms with E-state index in [4.69, 9.17) is 23.2 Å². The molecule has 0 unspecified atom stereocenters. The number of rotatable bonds is 0. The molecule has 1 aliphatic carbocycles. The van der Waals surface area contributed by atoms with E-state index in [1.807, 2.05) is 18.2 Å². The van der Waals surface area contributed by atoms with Crippen molar-refractivity contribution in [1.82, 2.24) is 0 Å². The Morgan fingerprint density at radius 2 is 1.75 bits per heavy atom. The van der Waals surface area contributed by atoms with Crippen LogP contribution in [0, 0.1) is 0 Å². The van der Waals surface area contributed by atoms with Gasteiger partial charge in [-0.15, -0.1) is 23.2 Å². The Kier molecular flexibility index (Phi) is 1.85. The second-order valence-corrected chi connectivity index (χ2v) is 3.70. The van der Waals surface area contributed by atoms with Crippen LogP contribution >= 0.6 is 23.2 Å². The molecule has 0 aromatic heterocycles. The first-order valence-corrected chi connectivity index (χ1v) is 4.50. The summed E-state index contributed by atoms with van der Waals surface area (Å²) >= 11 is 11.7. The van der Waals surface area contributed by atoms with Gasteiger partial charge in [-0.25, -0.2) is 0 Å². The SMILES string of the molecule is O=C1c2ccccc2[C@H](Cl)[C@@H]1Cl. The van der Waals surface area contributed by atoms with Crippen molar-refractivity contribution in [2.24, 2.45) is 0 Å². The standard InChI is InChI=1S/C9H6Cl2O/c10-7-5-3-1-2-4-6(5)9(12)8(7)11/h1-4,7-8H/t7-,8-/m0/s1. The molecule has 62 valence electrons. The molecule has 3 heteroatoms. The first-order valence-electron chi connectivity index (χ1n) is 3.63. The van der Waals surface area contributed by atoms with Gasteiger partial charge in [0.1, 0.15) is 5.38 Å². The Labute approximate surface area is 80.3 Å². The normalized spacial score (nSPS) is 27.3. The maximum atomic E-state index is 11.4. The number of Topliss-reactive ketones (excluding diaryl/α,β-unsaturated/α-hetero) is 1. The molecule has 0 spiro atoms. The summed E-state index contributed by atoms with van der Waals surface area (Å²) in [7, 11) is 0. The highest BCUT2D eigenvalue weighted by atomic mass is 35.5. The molecule has 0 heterocycles. The van der Waals surface area contributed by atoms with E-state index in [1.54, 1.807) is 6.07 Å². The minimum Gasteiger partial charge on any atom is -0.292 e. The molecule has 0 aliphatic heterocycles. The molecule has 2 atom stereocenters. The average Bonchev–Trinajstić information content (AvgIpc) is 2.33. The van der Waals surface area contributed by atoms with Crippen LogP contribution in [0.2, 0.25) is 0 Å². The van der Waals surface area contributed by atoms with E-state index >= 15 is 0 Å². The van der Waals surface area contributed by atoms with Crippen LogP contribution in [0.3, 0.4) is 0 Å². The highest BCUT2D eigenvalue weighted by Crippen LogP contribution is 2.38. The Morgan fingerprint density at radius 1 is 1.08 bits per heavy atom. The lowest BCUT2D eigenvalue weighted by molar-refractivity contribution is 0.0997. The van der Waals surface area contributed by atoms with Crippen molar-refractivity contribution in [3.05, 3.63) is 35.4 Å². The van der Waals surface area contributed by atoms with Gasteiger partial charge in [-0.1, -0.05) is 24.3 Å². The predicted octanol–water partition coefficient (Wildman–Crippen LogP) is 2.77. The summed E-state index contributed by atoms with van der Waals surface area (Å²) in [4.78, 5) is 11.4. The fraction of sp³-hybridized carbons (Fsp3) is 0.222. The summed E-state index contributed by atoms with van der Waals surface area (Å²) in [5, 5.41) is -0.959. The van der Waals surface area contributed by atoms with Crippen molar-refractivity contribution in [3.8, 4) is 0 Å². The maximum Gasteiger partial charge on any atom is 0.182 e. The van der Waals surface area contributed by atoms with Crippen LogP contribution in [-0.2, 0) is 0 Å². The van der Waals surface area contributed by atoms with Crippen molar-refractivity contribution in [1.29, 1.82) is 0 Å². The third-order valence-electron chi connectivity index (χ3n) is 2.03. The molecule has 1 aromatic carbocycles. The van der Waals surface area contributed by atoms with Crippen LogP contribution in [-0.4, -0.2) is 11.2 Å². The summed E-state index contributed by atoms with van der Waals surface area (Å²) in [6.45, 7) is 0. The van der Waals surface area contributed by atoms with Crippen molar-refractivity contribution < 1.29 is 4.79 Å². The van der Waals surface area contributed by atoms with Gasteiger partial charge in [-0.05, 0) is 5.56 Å². The maximum absolute atomic E-state index is 11.4. The summed E-state index contributed by atoms with van der Waals surface area (Å²) in [5.74, 6) is -0.0627.